The van der Waals surface area contributed by atoms with Gasteiger partial charge in [-0.15, -0.1) is 0 Å². The Labute approximate surface area is 71.5 Å². The maximum Gasteiger partial charge on any atom is 0.229 e. The van der Waals surface area contributed by atoms with E-state index in [2.05, 4.69) is 5.32 Å². The number of nitrogens with one attached hydrogen (secondary N) is 1. The molecule has 2 aliphatic heterocycles. The van der Waals surface area contributed by atoms with E-state index in [9.17, 15) is 9.90 Å². The molecule has 2 fully saturated rings. The number of β-amino-alcohol motifs (C(OH)–C–C–N with tert-alkyl or cyclic N) is 1. The van der Waals surface area contributed by atoms with Gasteiger partial charge in [0.25, 0.3) is 0 Å². The van der Waals surface area contributed by atoms with Gasteiger partial charge in [-0.05, 0) is 6.42 Å². The Hall–Kier alpha value is -0.610. The molecule has 0 radical (unpaired) electrons. The molecule has 2 atom stereocenters. The van der Waals surface area contributed by atoms with Crippen molar-refractivity contribution in [3.8, 4) is 0 Å². The average molecular weight is 170 g/mol. The maximum atomic E-state index is 11.6. The molecule has 0 spiro atoms. The van der Waals surface area contributed by atoms with E-state index in [1.807, 2.05) is 4.90 Å². The molecule has 4 heteroatoms. The number of carbonyl (C=O) groups is 1. The van der Waals surface area contributed by atoms with E-state index in [-0.39, 0.29) is 11.8 Å². The number of aliphatic hydroxyl groups is 1. The van der Waals surface area contributed by atoms with E-state index in [0.717, 1.165) is 19.5 Å². The van der Waals surface area contributed by atoms with Crippen molar-refractivity contribution in [2.24, 2.45) is 5.92 Å². The summed E-state index contributed by atoms with van der Waals surface area (Å²) in [4.78, 5) is 13.4. The highest BCUT2D eigenvalue weighted by Gasteiger charge is 2.35. The Bertz CT molecular complexity index is 191. The normalized spacial score (nSPS) is 34.9. The van der Waals surface area contributed by atoms with Gasteiger partial charge in [0.05, 0.1) is 12.0 Å². The molecule has 68 valence electrons. The Kier molecular flexibility index (Phi) is 2.02. The van der Waals surface area contributed by atoms with Crippen LogP contribution in [0.3, 0.4) is 0 Å². The number of likely N-dealkylation sites (tertiary alicyclic amines) is 1. The quantitative estimate of drug-likeness (QED) is 0.519. The molecule has 0 unspecified atom stereocenters. The van der Waals surface area contributed by atoms with Gasteiger partial charge in [0, 0.05) is 26.2 Å². The highest BCUT2D eigenvalue weighted by molar-refractivity contribution is 5.80. The summed E-state index contributed by atoms with van der Waals surface area (Å²) in [5.74, 6) is -0.0657. The zero-order valence-corrected chi connectivity index (χ0v) is 6.99. The molecule has 0 aliphatic carbocycles. The monoisotopic (exact) mass is 170 g/mol. The summed E-state index contributed by atoms with van der Waals surface area (Å²) in [6, 6.07) is 0. The number of hydrogen-bond acceptors (Lipinski definition) is 3. The number of hydrogen-bond donors (Lipinski definition) is 2. The second kappa shape index (κ2) is 3.03. The summed E-state index contributed by atoms with van der Waals surface area (Å²) < 4.78 is 0. The Morgan fingerprint density at radius 1 is 1.42 bits per heavy atom. The fourth-order valence-corrected chi connectivity index (χ4v) is 1.69. The smallest absolute Gasteiger partial charge is 0.229 e. The van der Waals surface area contributed by atoms with Crippen LogP contribution in [-0.2, 0) is 4.79 Å². The first kappa shape index (κ1) is 8.01. The molecule has 0 aromatic rings. The summed E-state index contributed by atoms with van der Waals surface area (Å²) in [6.07, 6.45) is 0.639. The topological polar surface area (TPSA) is 52.6 Å². The number of rotatable bonds is 1. The molecular formula is C8H14N2O2. The van der Waals surface area contributed by atoms with Crippen LogP contribution in [0.5, 0.6) is 0 Å². The van der Waals surface area contributed by atoms with Gasteiger partial charge in [0.1, 0.15) is 0 Å². The van der Waals surface area contributed by atoms with E-state index < -0.39 is 6.10 Å². The summed E-state index contributed by atoms with van der Waals surface area (Å²) in [7, 11) is 0. The van der Waals surface area contributed by atoms with Crippen LogP contribution >= 0.6 is 0 Å². The number of aliphatic hydroxyl groups excluding tert-OH is 1. The molecule has 2 rings (SSSR count). The molecule has 4 nitrogen and oxygen atoms in total. The predicted octanol–water partition coefficient (Wildman–Crippen LogP) is -1.20. The van der Waals surface area contributed by atoms with Gasteiger partial charge in [-0.1, -0.05) is 0 Å². The van der Waals surface area contributed by atoms with Crippen LogP contribution in [0.4, 0.5) is 0 Å². The van der Waals surface area contributed by atoms with Crippen molar-refractivity contribution in [2.45, 2.75) is 12.5 Å². The zero-order chi connectivity index (χ0) is 8.55. The zero-order valence-electron chi connectivity index (χ0n) is 6.99. The van der Waals surface area contributed by atoms with Crippen LogP contribution in [0.25, 0.3) is 0 Å². The van der Waals surface area contributed by atoms with E-state index in [1.54, 1.807) is 0 Å². The second-order valence-corrected chi connectivity index (χ2v) is 3.51. The average Bonchev–Trinajstić information content (AvgIpc) is 2.31. The number of nitrogens with zero attached hydrogens (tertiary/aromatic N) is 1. The molecule has 2 N–H and O–H groups in total. The minimum Gasteiger partial charge on any atom is -0.391 e. The highest BCUT2D eigenvalue weighted by atomic mass is 16.3. The third-order valence-electron chi connectivity index (χ3n) is 2.67. The standard InChI is InChI=1S/C8H14N2O2/c11-7-5-9-4-6(7)8(12)10-2-1-3-10/h6-7,9,11H,1-5H2/t6-,7-/m1/s1. The third kappa shape index (κ3) is 1.21. The van der Waals surface area contributed by atoms with Crippen LogP contribution in [0.1, 0.15) is 6.42 Å². The van der Waals surface area contributed by atoms with E-state index in [4.69, 9.17) is 0 Å². The first-order chi connectivity index (χ1) is 5.79. The number of amides is 1. The van der Waals surface area contributed by atoms with Gasteiger partial charge in [-0.3, -0.25) is 4.79 Å². The van der Waals surface area contributed by atoms with Gasteiger partial charge < -0.3 is 15.3 Å². The van der Waals surface area contributed by atoms with Crippen molar-refractivity contribution in [2.75, 3.05) is 26.2 Å². The van der Waals surface area contributed by atoms with Crippen LogP contribution in [0.2, 0.25) is 0 Å². The Morgan fingerprint density at radius 2 is 2.17 bits per heavy atom. The van der Waals surface area contributed by atoms with Crippen LogP contribution < -0.4 is 5.32 Å². The maximum absolute atomic E-state index is 11.6. The second-order valence-electron chi connectivity index (χ2n) is 3.51. The van der Waals surface area contributed by atoms with E-state index in [1.165, 1.54) is 0 Å². The molecule has 2 aliphatic rings. The van der Waals surface area contributed by atoms with Crippen LogP contribution in [0, 0.1) is 5.92 Å². The SMILES string of the molecule is O=C([C@@H]1CNC[C@H]1O)N1CCC1. The van der Waals surface area contributed by atoms with Crippen molar-refractivity contribution in [3.63, 3.8) is 0 Å². The fourth-order valence-electron chi connectivity index (χ4n) is 1.69. The lowest BCUT2D eigenvalue weighted by atomic mass is 10.0. The molecule has 0 aromatic heterocycles. The fraction of sp³-hybridized carbons (Fsp3) is 0.875. The molecule has 12 heavy (non-hydrogen) atoms. The Morgan fingerprint density at radius 3 is 2.58 bits per heavy atom. The van der Waals surface area contributed by atoms with Crippen molar-refractivity contribution < 1.29 is 9.90 Å². The largest absolute Gasteiger partial charge is 0.391 e. The van der Waals surface area contributed by atoms with Gasteiger partial charge in [0.2, 0.25) is 5.91 Å². The van der Waals surface area contributed by atoms with Crippen molar-refractivity contribution >= 4 is 5.91 Å². The summed E-state index contributed by atoms with van der Waals surface area (Å²) >= 11 is 0. The van der Waals surface area contributed by atoms with Crippen molar-refractivity contribution in [3.05, 3.63) is 0 Å². The molecule has 1 amide bonds. The first-order valence-electron chi connectivity index (χ1n) is 4.46. The lowest BCUT2D eigenvalue weighted by Crippen LogP contribution is -2.47. The first-order valence-corrected chi connectivity index (χ1v) is 4.46. The van der Waals surface area contributed by atoms with Crippen molar-refractivity contribution in [1.29, 1.82) is 0 Å². The van der Waals surface area contributed by atoms with Gasteiger partial charge >= 0.3 is 0 Å². The summed E-state index contributed by atoms with van der Waals surface area (Å²) in [5.41, 5.74) is 0. The van der Waals surface area contributed by atoms with Crippen molar-refractivity contribution in [1.82, 2.24) is 10.2 Å². The third-order valence-corrected chi connectivity index (χ3v) is 2.67. The van der Waals surface area contributed by atoms with Gasteiger partial charge in [-0.25, -0.2) is 0 Å². The lowest BCUT2D eigenvalue weighted by Gasteiger charge is -2.33. The van der Waals surface area contributed by atoms with E-state index >= 15 is 0 Å². The van der Waals surface area contributed by atoms with E-state index in [0.29, 0.717) is 13.1 Å². The molecular weight excluding hydrogens is 156 g/mol. The van der Waals surface area contributed by atoms with Gasteiger partial charge in [-0.2, -0.15) is 0 Å². The Balaban J connectivity index is 1.93. The molecule has 0 saturated carbocycles. The summed E-state index contributed by atoms with van der Waals surface area (Å²) in [6.45, 7) is 2.95. The predicted molar refractivity (Wildman–Crippen MR) is 43.6 cm³/mol. The summed E-state index contributed by atoms with van der Waals surface area (Å²) in [5, 5.41) is 12.4. The van der Waals surface area contributed by atoms with Crippen LogP contribution in [0.15, 0.2) is 0 Å². The van der Waals surface area contributed by atoms with Gasteiger partial charge in [0.15, 0.2) is 0 Å². The minimum atomic E-state index is -0.474. The number of carbonyl (C=O) groups excluding carboxylic acids is 1. The molecule has 2 heterocycles. The molecule has 2 saturated heterocycles. The molecule has 0 bridgehead atoms. The molecule has 0 aromatic carbocycles. The highest BCUT2D eigenvalue weighted by Crippen LogP contribution is 2.16. The minimum absolute atomic E-state index is 0.124. The van der Waals surface area contributed by atoms with Crippen LogP contribution in [-0.4, -0.2) is 48.2 Å². The lowest BCUT2D eigenvalue weighted by molar-refractivity contribution is -0.141.